The summed E-state index contributed by atoms with van der Waals surface area (Å²) in [6, 6.07) is 5.93. The van der Waals surface area contributed by atoms with Crippen LogP contribution in [0.1, 0.15) is 32.4 Å². The van der Waals surface area contributed by atoms with Gasteiger partial charge in [-0.3, -0.25) is 4.90 Å². The van der Waals surface area contributed by atoms with Crippen molar-refractivity contribution < 1.29 is 0 Å². The molecule has 17 heavy (non-hydrogen) atoms. The fraction of sp³-hybridized carbons (Fsp3) is 0.615. The second-order valence-corrected chi connectivity index (χ2v) is 5.60. The molecule has 2 rings (SSSR count). The molecule has 4 nitrogen and oxygen atoms in total. The normalized spacial score (nSPS) is 20.2. The van der Waals surface area contributed by atoms with Gasteiger partial charge < -0.3 is 5.43 Å². The number of anilines is 1. The lowest BCUT2D eigenvalue weighted by Gasteiger charge is -2.36. The van der Waals surface area contributed by atoms with Gasteiger partial charge in [0.1, 0.15) is 5.82 Å². The molecule has 3 N–H and O–H groups in total. The minimum Gasteiger partial charge on any atom is -0.308 e. The summed E-state index contributed by atoms with van der Waals surface area (Å²) in [5.74, 6) is 6.10. The smallest absolute Gasteiger partial charge is 0.140 e. The summed E-state index contributed by atoms with van der Waals surface area (Å²) in [4.78, 5) is 6.91. The number of likely N-dealkylation sites (tertiary alicyclic amines) is 1. The lowest BCUT2D eigenvalue weighted by atomic mass is 9.83. The molecule has 0 amide bonds. The van der Waals surface area contributed by atoms with Crippen LogP contribution in [0, 0.1) is 5.41 Å². The first kappa shape index (κ1) is 12.3. The third kappa shape index (κ3) is 3.41. The number of hydrazine groups is 1. The summed E-state index contributed by atoms with van der Waals surface area (Å²) in [5.41, 5.74) is 4.18. The van der Waals surface area contributed by atoms with E-state index in [1.807, 2.05) is 12.1 Å². The number of hydrogen-bond acceptors (Lipinski definition) is 4. The van der Waals surface area contributed by atoms with Gasteiger partial charge in [0.05, 0.1) is 5.69 Å². The molecule has 0 bridgehead atoms. The number of piperidine rings is 1. The summed E-state index contributed by atoms with van der Waals surface area (Å²) in [5, 5.41) is 0. The molecule has 0 aromatic carbocycles. The van der Waals surface area contributed by atoms with E-state index >= 15 is 0 Å². The van der Waals surface area contributed by atoms with Gasteiger partial charge in [-0.15, -0.1) is 0 Å². The zero-order chi connectivity index (χ0) is 12.3. The van der Waals surface area contributed by atoms with Gasteiger partial charge in [0.15, 0.2) is 0 Å². The Bertz CT molecular complexity index is 365. The van der Waals surface area contributed by atoms with E-state index in [1.165, 1.54) is 12.8 Å². The average molecular weight is 234 g/mol. The molecule has 1 aliphatic heterocycles. The fourth-order valence-electron chi connectivity index (χ4n) is 2.19. The molecule has 94 valence electrons. The van der Waals surface area contributed by atoms with E-state index in [9.17, 15) is 0 Å². The number of rotatable bonds is 3. The minimum absolute atomic E-state index is 0.505. The van der Waals surface area contributed by atoms with Crippen LogP contribution in [0.3, 0.4) is 0 Å². The SMILES string of the molecule is CC1(C)CCN(Cc2cccc(NN)n2)CC1. The summed E-state index contributed by atoms with van der Waals surface area (Å²) >= 11 is 0. The van der Waals surface area contributed by atoms with Gasteiger partial charge in [-0.25, -0.2) is 10.8 Å². The van der Waals surface area contributed by atoms with Gasteiger partial charge in [0.25, 0.3) is 0 Å². The number of nitrogens with one attached hydrogen (secondary N) is 1. The molecule has 1 saturated heterocycles. The molecular weight excluding hydrogens is 212 g/mol. The monoisotopic (exact) mass is 234 g/mol. The van der Waals surface area contributed by atoms with Crippen LogP contribution >= 0.6 is 0 Å². The van der Waals surface area contributed by atoms with Crippen LogP contribution < -0.4 is 11.3 Å². The zero-order valence-corrected chi connectivity index (χ0v) is 10.7. The molecule has 1 fully saturated rings. The molecule has 1 aliphatic rings. The number of nitrogens with two attached hydrogens (primary N) is 1. The predicted molar refractivity (Wildman–Crippen MR) is 70.3 cm³/mol. The van der Waals surface area contributed by atoms with Crippen molar-refractivity contribution in [2.45, 2.75) is 33.2 Å². The van der Waals surface area contributed by atoms with E-state index in [-0.39, 0.29) is 0 Å². The Morgan fingerprint density at radius 2 is 2.06 bits per heavy atom. The second kappa shape index (κ2) is 5.02. The third-order valence-electron chi connectivity index (χ3n) is 3.55. The van der Waals surface area contributed by atoms with Crippen LogP contribution in [0.15, 0.2) is 18.2 Å². The summed E-state index contributed by atoms with van der Waals surface area (Å²) in [6.07, 6.45) is 2.53. The highest BCUT2D eigenvalue weighted by Gasteiger charge is 2.25. The topological polar surface area (TPSA) is 54.2 Å². The van der Waals surface area contributed by atoms with Crippen molar-refractivity contribution in [3.05, 3.63) is 23.9 Å². The highest BCUT2D eigenvalue weighted by atomic mass is 15.3. The van der Waals surface area contributed by atoms with E-state index in [0.717, 1.165) is 31.1 Å². The maximum absolute atomic E-state index is 5.36. The van der Waals surface area contributed by atoms with Crippen LogP contribution in [0.4, 0.5) is 5.82 Å². The lowest BCUT2D eigenvalue weighted by molar-refractivity contribution is 0.126. The Hall–Kier alpha value is -1.13. The lowest BCUT2D eigenvalue weighted by Crippen LogP contribution is -2.37. The fourth-order valence-corrected chi connectivity index (χ4v) is 2.19. The Morgan fingerprint density at radius 1 is 1.35 bits per heavy atom. The Labute approximate surface area is 103 Å². The van der Waals surface area contributed by atoms with E-state index in [1.54, 1.807) is 0 Å². The molecule has 0 radical (unpaired) electrons. The summed E-state index contributed by atoms with van der Waals surface area (Å²) in [6.45, 7) is 7.94. The largest absolute Gasteiger partial charge is 0.308 e. The average Bonchev–Trinajstić information content (AvgIpc) is 2.32. The molecule has 4 heteroatoms. The van der Waals surface area contributed by atoms with Crippen LogP contribution in [0.2, 0.25) is 0 Å². The number of nitrogen functional groups attached to an aromatic ring is 1. The molecule has 0 saturated carbocycles. The van der Waals surface area contributed by atoms with E-state index in [0.29, 0.717) is 5.41 Å². The minimum atomic E-state index is 0.505. The first-order valence-electron chi connectivity index (χ1n) is 6.24. The molecule has 2 heterocycles. The van der Waals surface area contributed by atoms with Gasteiger partial charge in [0.2, 0.25) is 0 Å². The van der Waals surface area contributed by atoms with Crippen molar-refractivity contribution >= 4 is 5.82 Å². The first-order chi connectivity index (χ1) is 8.09. The summed E-state index contributed by atoms with van der Waals surface area (Å²) < 4.78 is 0. The van der Waals surface area contributed by atoms with Gasteiger partial charge in [-0.1, -0.05) is 19.9 Å². The van der Waals surface area contributed by atoms with Crippen LogP contribution in [0.25, 0.3) is 0 Å². The van der Waals surface area contributed by atoms with Crippen molar-refractivity contribution in [1.29, 1.82) is 0 Å². The quantitative estimate of drug-likeness (QED) is 0.620. The molecule has 0 unspecified atom stereocenters. The number of hydrogen-bond donors (Lipinski definition) is 2. The number of pyridine rings is 1. The van der Waals surface area contributed by atoms with E-state index in [2.05, 4.69) is 35.2 Å². The maximum atomic E-state index is 5.36. The predicted octanol–water partition coefficient (Wildman–Crippen LogP) is 1.99. The Kier molecular flexibility index (Phi) is 3.64. The molecule has 1 aromatic heterocycles. The van der Waals surface area contributed by atoms with Crippen molar-refractivity contribution in [2.24, 2.45) is 11.3 Å². The van der Waals surface area contributed by atoms with Crippen LogP contribution in [0.5, 0.6) is 0 Å². The van der Waals surface area contributed by atoms with E-state index < -0.39 is 0 Å². The highest BCUT2D eigenvalue weighted by Crippen LogP contribution is 2.30. The highest BCUT2D eigenvalue weighted by molar-refractivity contribution is 5.33. The van der Waals surface area contributed by atoms with Gasteiger partial charge in [-0.05, 0) is 43.5 Å². The maximum Gasteiger partial charge on any atom is 0.140 e. The third-order valence-corrected chi connectivity index (χ3v) is 3.55. The van der Waals surface area contributed by atoms with Gasteiger partial charge in [-0.2, -0.15) is 0 Å². The molecule has 0 aliphatic carbocycles. The van der Waals surface area contributed by atoms with Crippen molar-refractivity contribution in [3.8, 4) is 0 Å². The van der Waals surface area contributed by atoms with Gasteiger partial charge in [0, 0.05) is 6.54 Å². The zero-order valence-electron chi connectivity index (χ0n) is 10.7. The number of nitrogens with zero attached hydrogens (tertiary/aromatic N) is 2. The van der Waals surface area contributed by atoms with Crippen LogP contribution in [-0.2, 0) is 6.54 Å². The van der Waals surface area contributed by atoms with Crippen molar-refractivity contribution in [3.63, 3.8) is 0 Å². The molecule has 1 aromatic rings. The Morgan fingerprint density at radius 3 is 2.71 bits per heavy atom. The van der Waals surface area contributed by atoms with Crippen molar-refractivity contribution in [1.82, 2.24) is 9.88 Å². The van der Waals surface area contributed by atoms with Gasteiger partial charge >= 0.3 is 0 Å². The van der Waals surface area contributed by atoms with Crippen LogP contribution in [-0.4, -0.2) is 23.0 Å². The first-order valence-corrected chi connectivity index (χ1v) is 6.24. The van der Waals surface area contributed by atoms with E-state index in [4.69, 9.17) is 5.84 Å². The molecule has 0 atom stereocenters. The molecular formula is C13H22N4. The second-order valence-electron chi connectivity index (χ2n) is 5.60. The number of aromatic nitrogens is 1. The van der Waals surface area contributed by atoms with Crippen molar-refractivity contribution in [2.75, 3.05) is 18.5 Å². The summed E-state index contributed by atoms with van der Waals surface area (Å²) in [7, 11) is 0. The molecule has 0 spiro atoms. The Balaban J connectivity index is 1.93. The standard InChI is InChI=1S/C13H22N4/c1-13(2)6-8-17(9-7-13)10-11-4-3-5-12(15-11)16-14/h3-5H,6-10,14H2,1-2H3,(H,15,16).